The number of benzene rings is 1. The Bertz CT molecular complexity index is 245. The minimum Gasteiger partial charge on any atom is -0.396 e. The van der Waals surface area contributed by atoms with Crippen LogP contribution in [-0.4, -0.2) is 0 Å². The van der Waals surface area contributed by atoms with Crippen LogP contribution < -0.4 is 22.9 Å². The van der Waals surface area contributed by atoms with Gasteiger partial charge in [0.2, 0.25) is 0 Å². The molecule has 1 aromatic rings. The molecule has 0 bridgehead atoms. The zero-order chi connectivity index (χ0) is 9.46. The predicted molar refractivity (Wildman–Crippen MR) is 88.5 cm³/mol. The maximum absolute atomic E-state index is 5.61. The predicted octanol–water partition coefficient (Wildman–Crippen LogP) is 3.23. The van der Waals surface area contributed by atoms with Crippen molar-refractivity contribution >= 4 is 104 Å². The summed E-state index contributed by atoms with van der Waals surface area (Å²) in [6.07, 6.45) is 0. The maximum Gasteiger partial charge on any atom is 0.0726 e. The van der Waals surface area contributed by atoms with Crippen LogP contribution in [0.1, 0.15) is 0 Å². The molecule has 0 aliphatic heterocycles. The molecule has 0 radical (unpaired) electrons. The number of hydrogen-bond donors (Lipinski definition) is 4. The summed E-state index contributed by atoms with van der Waals surface area (Å²) in [6, 6.07) is 0. The van der Waals surface area contributed by atoms with E-state index < -0.39 is 0 Å². The third kappa shape index (κ3) is 4.43. The van der Waals surface area contributed by atoms with Gasteiger partial charge in [0.15, 0.2) is 0 Å². The van der Waals surface area contributed by atoms with Crippen molar-refractivity contribution in [3.63, 3.8) is 0 Å². The van der Waals surface area contributed by atoms with E-state index in [4.69, 9.17) is 22.9 Å². The molecule has 0 aliphatic rings. The second kappa shape index (κ2) is 9.56. The number of rotatable bonds is 0. The van der Waals surface area contributed by atoms with Crippen molar-refractivity contribution in [2.45, 2.75) is 0 Å². The molecule has 0 atom stereocenters. The highest BCUT2D eigenvalue weighted by molar-refractivity contribution is 9.11. The maximum atomic E-state index is 5.61. The third-order valence-corrected chi connectivity index (χ3v) is 3.23. The molecule has 0 saturated carbocycles. The van der Waals surface area contributed by atoms with E-state index in [1.807, 2.05) is 0 Å². The summed E-state index contributed by atoms with van der Waals surface area (Å²) >= 11 is 6.37. The van der Waals surface area contributed by atoms with Crippen LogP contribution in [-0.2, 0) is 0 Å². The topological polar surface area (TPSA) is 104 Å². The van der Waals surface area contributed by atoms with Gasteiger partial charge in [-0.05, 0) is 31.9 Å². The Morgan fingerprint density at radius 2 is 0.625 bits per heavy atom. The number of hydrogen-bond acceptors (Lipinski definition) is 4. The Hall–Kier alpha value is 0.540. The van der Waals surface area contributed by atoms with Gasteiger partial charge in [-0.2, -0.15) is 0 Å². The molecule has 8 N–H and O–H groups in total. The Morgan fingerprint density at radius 3 is 0.750 bits per heavy atom. The van der Waals surface area contributed by atoms with Crippen LogP contribution in [0.4, 0.5) is 22.7 Å². The molecule has 0 aliphatic carbocycles. The standard InChI is InChI=1S/C6H8Br2N4.4ClH/c7-1-3(9)5(11)2(8)6(12)4(1)10;;;;/h9-12H2;4*1H. The van der Waals surface area contributed by atoms with Crippen molar-refractivity contribution in [2.75, 3.05) is 22.9 Å². The van der Waals surface area contributed by atoms with Crippen LogP contribution >= 0.6 is 81.5 Å². The van der Waals surface area contributed by atoms with E-state index in [0.717, 1.165) is 0 Å². The van der Waals surface area contributed by atoms with E-state index in [2.05, 4.69) is 31.9 Å². The van der Waals surface area contributed by atoms with Gasteiger partial charge in [0.25, 0.3) is 0 Å². The molecule has 98 valence electrons. The van der Waals surface area contributed by atoms with Gasteiger partial charge in [-0.15, -0.1) is 49.6 Å². The van der Waals surface area contributed by atoms with Gasteiger partial charge >= 0.3 is 0 Å². The minimum atomic E-state index is 0. The third-order valence-electron chi connectivity index (χ3n) is 1.53. The molecule has 0 heterocycles. The summed E-state index contributed by atoms with van der Waals surface area (Å²) in [6.45, 7) is 0. The van der Waals surface area contributed by atoms with Crippen LogP contribution in [0.5, 0.6) is 0 Å². The van der Waals surface area contributed by atoms with Crippen LogP contribution in [0.3, 0.4) is 0 Å². The molecule has 4 nitrogen and oxygen atoms in total. The highest BCUT2D eigenvalue weighted by Crippen LogP contribution is 2.42. The highest BCUT2D eigenvalue weighted by Gasteiger charge is 2.13. The van der Waals surface area contributed by atoms with E-state index in [9.17, 15) is 0 Å². The first-order valence-electron chi connectivity index (χ1n) is 3.03. The Labute approximate surface area is 135 Å². The van der Waals surface area contributed by atoms with Gasteiger partial charge in [-0.1, -0.05) is 0 Å². The van der Waals surface area contributed by atoms with Gasteiger partial charge < -0.3 is 22.9 Å². The lowest BCUT2D eigenvalue weighted by molar-refractivity contribution is 1.56. The molecule has 0 amide bonds. The largest absolute Gasteiger partial charge is 0.396 e. The second-order valence-electron chi connectivity index (χ2n) is 2.28. The summed E-state index contributed by atoms with van der Waals surface area (Å²) in [5.41, 5.74) is 24.0. The summed E-state index contributed by atoms with van der Waals surface area (Å²) < 4.78 is 1.08. The zero-order valence-corrected chi connectivity index (χ0v) is 14.1. The summed E-state index contributed by atoms with van der Waals surface area (Å²) in [5.74, 6) is 0. The Balaban J connectivity index is -0.000000180. The first-order chi connectivity index (χ1) is 5.46. The molecule has 0 saturated heterocycles. The van der Waals surface area contributed by atoms with Crippen LogP contribution in [0, 0.1) is 0 Å². The highest BCUT2D eigenvalue weighted by atomic mass is 79.9. The molecule has 0 aromatic heterocycles. The van der Waals surface area contributed by atoms with Crippen molar-refractivity contribution in [1.82, 2.24) is 0 Å². The first kappa shape index (κ1) is 25.4. The fraction of sp³-hybridized carbons (Fsp3) is 0. The van der Waals surface area contributed by atoms with E-state index in [0.29, 0.717) is 31.7 Å². The van der Waals surface area contributed by atoms with Gasteiger partial charge in [-0.25, -0.2) is 0 Å². The second-order valence-corrected chi connectivity index (χ2v) is 3.87. The molecular formula is C6H12Br2Cl4N4. The smallest absolute Gasteiger partial charge is 0.0726 e. The van der Waals surface area contributed by atoms with E-state index in [1.165, 1.54) is 0 Å². The van der Waals surface area contributed by atoms with Crippen molar-refractivity contribution in [1.29, 1.82) is 0 Å². The Kier molecular flexibility index (Phi) is 15.2. The summed E-state index contributed by atoms with van der Waals surface area (Å²) in [5, 5.41) is 0. The first-order valence-corrected chi connectivity index (χ1v) is 4.62. The van der Waals surface area contributed by atoms with E-state index in [-0.39, 0.29) is 49.6 Å². The molecule has 0 fully saturated rings. The number of halogens is 6. The van der Waals surface area contributed by atoms with Crippen LogP contribution in [0.15, 0.2) is 8.95 Å². The van der Waals surface area contributed by atoms with Crippen LogP contribution in [0.2, 0.25) is 0 Å². The van der Waals surface area contributed by atoms with Crippen molar-refractivity contribution in [2.24, 2.45) is 0 Å². The zero-order valence-electron chi connectivity index (χ0n) is 7.70. The average molecular weight is 442 g/mol. The molecule has 1 rings (SSSR count). The number of nitrogen functional groups attached to an aromatic ring is 4. The fourth-order valence-corrected chi connectivity index (χ4v) is 1.62. The van der Waals surface area contributed by atoms with Gasteiger partial charge in [0, 0.05) is 0 Å². The SMILES string of the molecule is Cl.Cl.Cl.Cl.Nc1c(N)c(Br)c(N)c(N)c1Br. The normalized spacial score (nSPS) is 7.62. The fourth-order valence-electron chi connectivity index (χ4n) is 0.763. The van der Waals surface area contributed by atoms with Gasteiger partial charge in [0.1, 0.15) is 0 Å². The molecule has 1 aromatic carbocycles. The molecule has 10 heteroatoms. The monoisotopic (exact) mass is 438 g/mol. The van der Waals surface area contributed by atoms with Gasteiger partial charge in [0.05, 0.1) is 31.7 Å². The van der Waals surface area contributed by atoms with Crippen molar-refractivity contribution < 1.29 is 0 Å². The number of anilines is 4. The van der Waals surface area contributed by atoms with Crippen molar-refractivity contribution in [3.05, 3.63) is 8.95 Å². The minimum absolute atomic E-state index is 0. The molecular weight excluding hydrogens is 430 g/mol. The lowest BCUT2D eigenvalue weighted by atomic mass is 10.2. The lowest BCUT2D eigenvalue weighted by Crippen LogP contribution is -2.04. The lowest BCUT2D eigenvalue weighted by Gasteiger charge is -2.11. The molecule has 0 spiro atoms. The number of nitrogens with two attached hydrogens (primary N) is 4. The van der Waals surface area contributed by atoms with Crippen molar-refractivity contribution in [3.8, 4) is 0 Å². The van der Waals surface area contributed by atoms with Crippen LogP contribution in [0.25, 0.3) is 0 Å². The van der Waals surface area contributed by atoms with Gasteiger partial charge in [-0.3, -0.25) is 0 Å². The summed E-state index contributed by atoms with van der Waals surface area (Å²) in [7, 11) is 0. The Morgan fingerprint density at radius 1 is 0.500 bits per heavy atom. The van der Waals surface area contributed by atoms with E-state index in [1.54, 1.807) is 0 Å². The van der Waals surface area contributed by atoms with E-state index >= 15 is 0 Å². The average Bonchev–Trinajstić information content (AvgIpc) is 2.08. The molecule has 0 unspecified atom stereocenters. The quantitative estimate of drug-likeness (QED) is 0.464. The summed E-state index contributed by atoms with van der Waals surface area (Å²) in [4.78, 5) is 0. The molecule has 16 heavy (non-hydrogen) atoms.